The lowest BCUT2D eigenvalue weighted by molar-refractivity contribution is 0.521. The largest absolute Gasteiger partial charge is 0.375 e. The minimum atomic E-state index is -3.60. The number of aromatic nitrogens is 1. The molecule has 28 heavy (non-hydrogen) atoms. The molecule has 149 valence electrons. The van der Waals surface area contributed by atoms with Gasteiger partial charge < -0.3 is 11.1 Å². The zero-order chi connectivity index (χ0) is 20.3. The van der Waals surface area contributed by atoms with Crippen molar-refractivity contribution >= 4 is 36.5 Å². The zero-order valence-electron chi connectivity index (χ0n) is 16.3. The Bertz CT molecular complexity index is 1030. The van der Waals surface area contributed by atoms with E-state index >= 15 is 0 Å². The highest BCUT2D eigenvalue weighted by molar-refractivity contribution is 7.92. The molecule has 5 nitrogen and oxygen atoms in total. The van der Waals surface area contributed by atoms with Crippen LogP contribution in [0.15, 0.2) is 53.4 Å². The Morgan fingerprint density at radius 3 is 2.50 bits per heavy atom. The van der Waals surface area contributed by atoms with Gasteiger partial charge >= 0.3 is 0 Å². The Hall–Kier alpha value is -1.96. The van der Waals surface area contributed by atoms with E-state index < -0.39 is 15.1 Å². The fourth-order valence-corrected chi connectivity index (χ4v) is 5.81. The second-order valence-electron chi connectivity index (χ2n) is 7.31. The number of benzene rings is 2. The number of sulfone groups is 1. The van der Waals surface area contributed by atoms with Crippen LogP contribution in [0, 0.1) is 12.0 Å². The highest BCUT2D eigenvalue weighted by atomic mass is 32.2. The van der Waals surface area contributed by atoms with E-state index in [0.29, 0.717) is 32.6 Å². The second-order valence-corrected chi connectivity index (χ2v) is 10.6. The molecule has 0 spiro atoms. The highest BCUT2D eigenvalue weighted by Crippen LogP contribution is 2.34. The summed E-state index contributed by atoms with van der Waals surface area (Å²) in [6.45, 7) is 6.68. The van der Waals surface area contributed by atoms with Crippen LogP contribution in [0.5, 0.6) is 0 Å². The van der Waals surface area contributed by atoms with E-state index in [1.54, 1.807) is 25.1 Å². The molecular formula is C21H26N3O2S2. The number of anilines is 1. The zero-order valence-corrected chi connectivity index (χ0v) is 18.0. The minimum Gasteiger partial charge on any atom is -0.375 e. The van der Waals surface area contributed by atoms with Crippen molar-refractivity contribution in [1.82, 2.24) is 10.3 Å². The summed E-state index contributed by atoms with van der Waals surface area (Å²) >= 11 is 1.21. The molecule has 0 aliphatic heterocycles. The topological polar surface area (TPSA) is 85.1 Å². The van der Waals surface area contributed by atoms with E-state index in [4.69, 9.17) is 5.73 Å². The number of hydrogen-bond acceptors (Lipinski definition) is 6. The Kier molecular flexibility index (Phi) is 6.37. The number of rotatable bonds is 8. The fraction of sp³-hybridized carbons (Fsp3) is 0.333. The highest BCUT2D eigenvalue weighted by Gasteiger charge is 2.33. The summed E-state index contributed by atoms with van der Waals surface area (Å²) in [5, 5.41) is 3.09. The van der Waals surface area contributed by atoms with Gasteiger partial charge in [0, 0.05) is 0 Å². The third-order valence-corrected chi connectivity index (χ3v) is 7.86. The van der Waals surface area contributed by atoms with Gasteiger partial charge in [0.1, 0.15) is 0 Å². The first-order chi connectivity index (χ1) is 13.3. The molecule has 2 aromatic carbocycles. The summed E-state index contributed by atoms with van der Waals surface area (Å²) in [5.41, 5.74) is 7.52. The fourth-order valence-electron chi connectivity index (χ4n) is 3.04. The number of nitrogens with two attached hydrogens (primary N) is 1. The van der Waals surface area contributed by atoms with Crippen LogP contribution in [0.2, 0.25) is 0 Å². The summed E-state index contributed by atoms with van der Waals surface area (Å²) in [6.07, 6.45) is 0.564. The smallest absolute Gasteiger partial charge is 0.184 e. The van der Waals surface area contributed by atoms with Crippen LogP contribution >= 0.6 is 11.3 Å². The molecule has 0 amide bonds. The molecule has 0 aliphatic carbocycles. The summed E-state index contributed by atoms with van der Waals surface area (Å²) < 4.78 is 27.6. The molecule has 0 saturated heterocycles. The molecule has 3 N–H and O–H groups in total. The SMILES string of the molecule is CC(C)CN[C](Cc1ccccc1)C(C)S(=O)(=O)c1cccc2nc(N)sc12. The van der Waals surface area contributed by atoms with Crippen molar-refractivity contribution in [3.05, 3.63) is 60.1 Å². The van der Waals surface area contributed by atoms with Crippen molar-refractivity contribution < 1.29 is 8.42 Å². The minimum absolute atomic E-state index is 0.295. The van der Waals surface area contributed by atoms with Gasteiger partial charge in [-0.15, -0.1) is 0 Å². The maximum Gasteiger partial charge on any atom is 0.184 e. The van der Waals surface area contributed by atoms with Gasteiger partial charge in [-0.1, -0.05) is 61.6 Å². The van der Waals surface area contributed by atoms with E-state index in [1.165, 1.54) is 11.3 Å². The molecule has 1 unspecified atom stereocenters. The molecule has 1 radical (unpaired) electrons. The Morgan fingerprint density at radius 2 is 1.82 bits per heavy atom. The van der Waals surface area contributed by atoms with E-state index in [0.717, 1.165) is 18.2 Å². The van der Waals surface area contributed by atoms with Crippen LogP contribution in [-0.2, 0) is 16.3 Å². The van der Waals surface area contributed by atoms with Crippen molar-refractivity contribution in [1.29, 1.82) is 0 Å². The number of thiazole rings is 1. The van der Waals surface area contributed by atoms with Gasteiger partial charge in [0.15, 0.2) is 15.0 Å². The van der Waals surface area contributed by atoms with E-state index in [2.05, 4.69) is 24.1 Å². The summed E-state index contributed by atoms with van der Waals surface area (Å²) in [5.74, 6) is 0.408. The molecule has 7 heteroatoms. The number of nitrogen functional groups attached to an aromatic ring is 1. The average molecular weight is 417 g/mol. The third-order valence-electron chi connectivity index (χ3n) is 4.63. The summed E-state index contributed by atoms with van der Waals surface area (Å²) in [6, 6.07) is 15.9. The van der Waals surface area contributed by atoms with E-state index in [1.807, 2.05) is 30.3 Å². The second kappa shape index (κ2) is 8.59. The van der Waals surface area contributed by atoms with Crippen LogP contribution < -0.4 is 11.1 Å². The molecule has 1 heterocycles. The lowest BCUT2D eigenvalue weighted by Gasteiger charge is -2.26. The van der Waals surface area contributed by atoms with Crippen LogP contribution in [0.1, 0.15) is 26.3 Å². The molecule has 1 atom stereocenters. The lowest BCUT2D eigenvalue weighted by atomic mass is 10.0. The van der Waals surface area contributed by atoms with Crippen LogP contribution in [0.25, 0.3) is 10.2 Å². The Morgan fingerprint density at radius 1 is 1.11 bits per heavy atom. The molecule has 3 rings (SSSR count). The number of fused-ring (bicyclic) bond motifs is 1. The normalized spacial score (nSPS) is 13.5. The van der Waals surface area contributed by atoms with E-state index in [-0.39, 0.29) is 0 Å². The van der Waals surface area contributed by atoms with Crippen molar-refractivity contribution in [2.75, 3.05) is 12.3 Å². The Balaban J connectivity index is 1.96. The quantitative estimate of drug-likeness (QED) is 0.578. The molecule has 3 aromatic rings. The van der Waals surface area contributed by atoms with Crippen LogP contribution in [0.3, 0.4) is 0 Å². The van der Waals surface area contributed by atoms with Crippen molar-refractivity contribution in [3.8, 4) is 0 Å². The molecule has 0 aliphatic rings. The molecule has 1 aromatic heterocycles. The van der Waals surface area contributed by atoms with Gasteiger partial charge in [-0.05, 0) is 43.5 Å². The summed E-state index contributed by atoms with van der Waals surface area (Å²) in [7, 11) is -3.60. The van der Waals surface area contributed by atoms with Crippen molar-refractivity contribution in [2.45, 2.75) is 37.3 Å². The monoisotopic (exact) mass is 416 g/mol. The van der Waals surface area contributed by atoms with Crippen molar-refractivity contribution in [3.63, 3.8) is 0 Å². The Labute approximate surface area is 170 Å². The third kappa shape index (κ3) is 4.54. The molecule has 0 fully saturated rings. The predicted molar refractivity (Wildman–Crippen MR) is 117 cm³/mol. The molecule has 0 saturated carbocycles. The van der Waals surface area contributed by atoms with Gasteiger partial charge in [-0.25, -0.2) is 13.4 Å². The standard InChI is InChI=1S/C21H26N3O2S2/c1-14(2)13-23-18(12-16-8-5-4-6-9-16)15(3)28(25,26)19-11-7-10-17-20(19)27-21(22)24-17/h4-11,14-15,23H,12-13H2,1-3H3,(H2,22,24). The molecule has 0 bridgehead atoms. The number of hydrogen-bond donors (Lipinski definition) is 2. The van der Waals surface area contributed by atoms with Crippen LogP contribution in [0.4, 0.5) is 5.13 Å². The predicted octanol–water partition coefficient (Wildman–Crippen LogP) is 4.06. The van der Waals surface area contributed by atoms with Gasteiger partial charge in [0.05, 0.1) is 26.4 Å². The van der Waals surface area contributed by atoms with Crippen molar-refractivity contribution in [2.24, 2.45) is 5.92 Å². The lowest BCUT2D eigenvalue weighted by Crippen LogP contribution is -2.38. The average Bonchev–Trinajstić information content (AvgIpc) is 3.05. The van der Waals surface area contributed by atoms with Gasteiger partial charge in [0.25, 0.3) is 0 Å². The van der Waals surface area contributed by atoms with Crippen LogP contribution in [-0.4, -0.2) is 25.2 Å². The number of nitrogens with one attached hydrogen (secondary N) is 1. The van der Waals surface area contributed by atoms with Gasteiger partial charge in [0.2, 0.25) is 0 Å². The first kappa shape index (κ1) is 20.8. The maximum absolute atomic E-state index is 13.5. The maximum atomic E-state index is 13.5. The van der Waals surface area contributed by atoms with Gasteiger partial charge in [-0.3, -0.25) is 0 Å². The first-order valence-corrected chi connectivity index (χ1v) is 11.7. The first-order valence-electron chi connectivity index (χ1n) is 9.31. The van der Waals surface area contributed by atoms with E-state index in [9.17, 15) is 8.42 Å². The number of nitrogens with zero attached hydrogens (tertiary/aromatic N) is 1. The summed E-state index contributed by atoms with van der Waals surface area (Å²) in [4.78, 5) is 4.52. The molecular weight excluding hydrogens is 390 g/mol. The van der Waals surface area contributed by atoms with Gasteiger partial charge in [-0.2, -0.15) is 0 Å².